The summed E-state index contributed by atoms with van der Waals surface area (Å²) >= 11 is 0. The molecule has 1 heterocycles. The van der Waals surface area contributed by atoms with E-state index in [1.165, 1.54) is 0 Å². The van der Waals surface area contributed by atoms with Gasteiger partial charge in [0.2, 0.25) is 11.6 Å². The number of ether oxygens (including phenoxy) is 2. The number of pyridine rings is 1. The first-order valence-electron chi connectivity index (χ1n) is 6.75. The van der Waals surface area contributed by atoms with Gasteiger partial charge in [0.15, 0.2) is 6.26 Å². The van der Waals surface area contributed by atoms with E-state index in [9.17, 15) is 13.2 Å². The fourth-order valence-corrected chi connectivity index (χ4v) is 1.96. The first kappa shape index (κ1) is 17.5. The predicted octanol–water partition coefficient (Wildman–Crippen LogP) is 2.12. The highest BCUT2D eigenvalue weighted by atomic mass is 32.2. The first-order valence-corrected chi connectivity index (χ1v) is 8.57. The minimum absolute atomic E-state index is 0.0865. The van der Waals surface area contributed by atoms with Crippen molar-refractivity contribution in [3.8, 4) is 17.0 Å². The van der Waals surface area contributed by atoms with E-state index in [4.69, 9.17) is 4.74 Å². The van der Waals surface area contributed by atoms with Gasteiger partial charge in [-0.3, -0.25) is 0 Å². The molecule has 0 radical (unpaired) electrons. The fourth-order valence-electron chi connectivity index (χ4n) is 1.70. The molecule has 2 aromatic rings. The van der Waals surface area contributed by atoms with Crippen LogP contribution in [0, 0.1) is 0 Å². The maximum absolute atomic E-state index is 11.6. The van der Waals surface area contributed by atoms with E-state index >= 15 is 0 Å². The maximum Gasteiger partial charge on any atom is 0.377 e. The molecule has 0 bridgehead atoms. The van der Waals surface area contributed by atoms with Gasteiger partial charge in [0.1, 0.15) is 0 Å². The minimum Gasteiger partial charge on any atom is -0.463 e. The van der Waals surface area contributed by atoms with Crippen molar-refractivity contribution in [2.24, 2.45) is 0 Å². The number of nitrogens with zero attached hydrogens (tertiary/aromatic N) is 1. The number of carbonyl (C=O) groups excluding carboxylic acids is 1. The molecule has 1 aromatic carbocycles. The molecule has 0 spiro atoms. The van der Waals surface area contributed by atoms with Gasteiger partial charge in [0.25, 0.3) is 0 Å². The Bertz CT molecular complexity index is 829. The second kappa shape index (κ2) is 7.60. The minimum atomic E-state index is -3.78. The van der Waals surface area contributed by atoms with Crippen LogP contribution in [-0.2, 0) is 23.8 Å². The van der Waals surface area contributed by atoms with Crippen molar-refractivity contribution < 1.29 is 26.9 Å². The Hall–Kier alpha value is -2.87. The van der Waals surface area contributed by atoms with Gasteiger partial charge in [-0.1, -0.05) is 30.3 Å². The molecule has 0 fully saturated rings. The SMILES string of the molecule is COC(=O)/C(=C/OS(C)(=O)=O)Oc1ccc(-c2ccccc2)cn1. The average molecular weight is 349 g/mol. The third-order valence-corrected chi connectivity index (χ3v) is 3.22. The van der Waals surface area contributed by atoms with Crippen LogP contribution in [0.5, 0.6) is 5.88 Å². The second-order valence-electron chi connectivity index (χ2n) is 4.63. The number of esters is 1. The monoisotopic (exact) mass is 349 g/mol. The lowest BCUT2D eigenvalue weighted by atomic mass is 10.1. The van der Waals surface area contributed by atoms with E-state index in [0.29, 0.717) is 6.26 Å². The normalized spacial score (nSPS) is 11.7. The zero-order valence-corrected chi connectivity index (χ0v) is 13.8. The van der Waals surface area contributed by atoms with Gasteiger partial charge >= 0.3 is 16.1 Å². The van der Waals surface area contributed by atoms with E-state index < -0.39 is 21.8 Å². The number of rotatable bonds is 6. The Morgan fingerprint density at radius 2 is 1.79 bits per heavy atom. The largest absolute Gasteiger partial charge is 0.463 e. The van der Waals surface area contributed by atoms with Crippen molar-refractivity contribution in [2.45, 2.75) is 0 Å². The molecule has 0 aliphatic rings. The second-order valence-corrected chi connectivity index (χ2v) is 6.23. The summed E-state index contributed by atoms with van der Waals surface area (Å²) in [5.41, 5.74) is 1.83. The highest BCUT2D eigenvalue weighted by Gasteiger charge is 2.15. The molecule has 0 saturated carbocycles. The van der Waals surface area contributed by atoms with Gasteiger partial charge in [0, 0.05) is 17.8 Å². The Balaban J connectivity index is 2.19. The summed E-state index contributed by atoms with van der Waals surface area (Å²) in [5.74, 6) is -1.25. The van der Waals surface area contributed by atoms with Crippen LogP contribution in [0.4, 0.5) is 0 Å². The summed E-state index contributed by atoms with van der Waals surface area (Å²) in [6.07, 6.45) is 3.07. The summed E-state index contributed by atoms with van der Waals surface area (Å²) in [6, 6.07) is 12.9. The quantitative estimate of drug-likeness (QED) is 0.341. The van der Waals surface area contributed by atoms with Crippen LogP contribution in [0.3, 0.4) is 0 Å². The number of benzene rings is 1. The molecule has 0 aliphatic heterocycles. The molecule has 0 amide bonds. The molecule has 0 unspecified atom stereocenters. The van der Waals surface area contributed by atoms with Crippen molar-refractivity contribution in [3.63, 3.8) is 0 Å². The van der Waals surface area contributed by atoms with E-state index in [2.05, 4.69) is 13.9 Å². The van der Waals surface area contributed by atoms with E-state index in [-0.39, 0.29) is 5.88 Å². The summed E-state index contributed by atoms with van der Waals surface area (Å²) in [6.45, 7) is 0. The van der Waals surface area contributed by atoms with Crippen molar-refractivity contribution >= 4 is 16.1 Å². The van der Waals surface area contributed by atoms with Crippen LogP contribution >= 0.6 is 0 Å². The Morgan fingerprint density at radius 3 is 2.33 bits per heavy atom. The Kier molecular flexibility index (Phi) is 5.54. The van der Waals surface area contributed by atoms with Crippen molar-refractivity contribution in [1.29, 1.82) is 0 Å². The number of hydrogen-bond donors (Lipinski definition) is 0. The number of hydrogen-bond acceptors (Lipinski definition) is 7. The van der Waals surface area contributed by atoms with Gasteiger partial charge in [-0.2, -0.15) is 8.42 Å². The maximum atomic E-state index is 11.6. The molecule has 2 rings (SSSR count). The standard InChI is InChI=1S/C16H15NO6S/c1-21-16(18)14(11-22-24(2,19)20)23-15-9-8-13(10-17-15)12-6-4-3-5-7-12/h3-11H,1-2H3/b14-11-. The van der Waals surface area contributed by atoms with Crippen molar-refractivity contribution in [1.82, 2.24) is 4.98 Å². The lowest BCUT2D eigenvalue weighted by Crippen LogP contribution is -2.13. The summed E-state index contributed by atoms with van der Waals surface area (Å²) in [4.78, 5) is 15.7. The third kappa shape index (κ3) is 5.10. The lowest BCUT2D eigenvalue weighted by molar-refractivity contribution is -0.138. The van der Waals surface area contributed by atoms with E-state index in [1.54, 1.807) is 18.3 Å². The zero-order chi connectivity index (χ0) is 17.6. The van der Waals surface area contributed by atoms with Gasteiger partial charge in [-0.05, 0) is 11.6 Å². The molecule has 1 aromatic heterocycles. The van der Waals surface area contributed by atoms with Crippen molar-refractivity contribution in [3.05, 3.63) is 60.7 Å². The fraction of sp³-hybridized carbons (Fsp3) is 0.125. The number of carbonyl (C=O) groups is 1. The first-order chi connectivity index (χ1) is 11.4. The van der Waals surface area contributed by atoms with Gasteiger partial charge in [-0.25, -0.2) is 9.78 Å². The highest BCUT2D eigenvalue weighted by Crippen LogP contribution is 2.20. The molecule has 24 heavy (non-hydrogen) atoms. The van der Waals surface area contributed by atoms with Crippen LogP contribution in [0.25, 0.3) is 11.1 Å². The molecule has 0 saturated heterocycles. The number of methoxy groups -OCH3 is 1. The zero-order valence-electron chi connectivity index (χ0n) is 13.0. The topological polar surface area (TPSA) is 91.8 Å². The van der Waals surface area contributed by atoms with Crippen LogP contribution in [0.2, 0.25) is 0 Å². The summed E-state index contributed by atoms with van der Waals surface area (Å²) in [5, 5.41) is 0. The molecule has 7 nitrogen and oxygen atoms in total. The molecule has 126 valence electrons. The van der Waals surface area contributed by atoms with Gasteiger partial charge in [0.05, 0.1) is 13.4 Å². The summed E-state index contributed by atoms with van der Waals surface area (Å²) in [7, 11) is -2.65. The smallest absolute Gasteiger partial charge is 0.377 e. The molecular formula is C16H15NO6S. The van der Waals surface area contributed by atoms with Crippen LogP contribution in [-0.4, -0.2) is 32.7 Å². The molecular weight excluding hydrogens is 334 g/mol. The Morgan fingerprint density at radius 1 is 1.08 bits per heavy atom. The van der Waals surface area contributed by atoms with Crippen LogP contribution in [0.15, 0.2) is 60.7 Å². The van der Waals surface area contributed by atoms with Gasteiger partial charge < -0.3 is 13.7 Å². The van der Waals surface area contributed by atoms with Crippen molar-refractivity contribution in [2.75, 3.05) is 13.4 Å². The van der Waals surface area contributed by atoms with Crippen LogP contribution in [0.1, 0.15) is 0 Å². The van der Waals surface area contributed by atoms with E-state index in [1.807, 2.05) is 30.3 Å². The summed E-state index contributed by atoms with van der Waals surface area (Å²) < 4.78 is 36.2. The van der Waals surface area contributed by atoms with E-state index in [0.717, 1.165) is 24.5 Å². The average Bonchev–Trinajstić information content (AvgIpc) is 2.58. The Labute approximate surface area is 139 Å². The lowest BCUT2D eigenvalue weighted by Gasteiger charge is -2.08. The number of aromatic nitrogens is 1. The predicted molar refractivity (Wildman–Crippen MR) is 86.3 cm³/mol. The van der Waals surface area contributed by atoms with Gasteiger partial charge in [-0.15, -0.1) is 0 Å². The molecule has 0 aliphatic carbocycles. The third-order valence-electron chi connectivity index (χ3n) is 2.77. The molecule has 0 atom stereocenters. The molecule has 0 N–H and O–H groups in total. The van der Waals surface area contributed by atoms with Crippen LogP contribution < -0.4 is 4.74 Å². The highest BCUT2D eigenvalue weighted by molar-refractivity contribution is 7.86. The molecule has 8 heteroatoms.